The number of anilines is 1. The Labute approximate surface area is 178 Å². The molecule has 1 aromatic heterocycles. The third-order valence-electron chi connectivity index (χ3n) is 6.78. The Hall–Kier alpha value is -2.39. The molecule has 1 spiro atoms. The molecular formula is C22H25F3N4O2. The monoisotopic (exact) mass is 434 g/mol. The summed E-state index contributed by atoms with van der Waals surface area (Å²) in [5.74, 6) is -0.148. The number of likely N-dealkylation sites (tertiary alicyclic amines) is 1. The van der Waals surface area contributed by atoms with Crippen molar-refractivity contribution in [1.29, 1.82) is 0 Å². The van der Waals surface area contributed by atoms with Gasteiger partial charge in [0.05, 0.1) is 24.2 Å². The number of carbonyl (C=O) groups excluding carboxylic acids is 1. The molecule has 166 valence electrons. The second-order valence-corrected chi connectivity index (χ2v) is 8.96. The lowest BCUT2D eigenvalue weighted by Gasteiger charge is -2.35. The Morgan fingerprint density at radius 3 is 2.81 bits per heavy atom. The van der Waals surface area contributed by atoms with Crippen LogP contribution in [0.25, 0.3) is 10.9 Å². The second kappa shape index (κ2) is 7.34. The lowest BCUT2D eigenvalue weighted by Crippen LogP contribution is -2.53. The number of rotatable bonds is 3. The topological polar surface area (TPSA) is 57.7 Å². The van der Waals surface area contributed by atoms with E-state index in [1.807, 2.05) is 4.90 Å². The van der Waals surface area contributed by atoms with E-state index in [-0.39, 0.29) is 29.4 Å². The van der Waals surface area contributed by atoms with Gasteiger partial charge in [-0.25, -0.2) is 0 Å². The number of morpholine rings is 1. The molecule has 2 unspecified atom stereocenters. The molecule has 5 rings (SSSR count). The quantitative estimate of drug-likeness (QED) is 0.805. The summed E-state index contributed by atoms with van der Waals surface area (Å²) >= 11 is 0. The minimum absolute atomic E-state index is 0.0790. The van der Waals surface area contributed by atoms with Crippen LogP contribution in [0.15, 0.2) is 30.5 Å². The Morgan fingerprint density at radius 1 is 1.26 bits per heavy atom. The lowest BCUT2D eigenvalue weighted by atomic mass is 10.0. The average molecular weight is 434 g/mol. The molecule has 2 aromatic rings. The van der Waals surface area contributed by atoms with Crippen molar-refractivity contribution in [1.82, 2.24) is 15.2 Å². The standard InChI is InChI=1S/C22H25F3N4O2/c1-28-12-18(21(13-28)6-7-21)27-20(30)17-11-29(9-10-31-17)16-5-4-15(22(23,24)25)19-14(16)3-2-8-26-19/h2-5,8,17-18H,6-7,9-13H2,1H3,(H,27,30). The number of hydrogen-bond donors (Lipinski definition) is 1. The molecule has 0 bridgehead atoms. The first-order chi connectivity index (χ1) is 14.8. The summed E-state index contributed by atoms with van der Waals surface area (Å²) in [5.41, 5.74) is 0.00393. The molecule has 31 heavy (non-hydrogen) atoms. The van der Waals surface area contributed by atoms with E-state index in [2.05, 4.69) is 22.2 Å². The van der Waals surface area contributed by atoms with Crippen LogP contribution in [0.5, 0.6) is 0 Å². The number of fused-ring (bicyclic) bond motifs is 1. The van der Waals surface area contributed by atoms with E-state index in [0.717, 1.165) is 32.0 Å². The molecule has 9 heteroatoms. The van der Waals surface area contributed by atoms with Gasteiger partial charge in [-0.1, -0.05) is 0 Å². The summed E-state index contributed by atoms with van der Waals surface area (Å²) in [4.78, 5) is 21.1. The molecule has 1 amide bonds. The lowest BCUT2D eigenvalue weighted by molar-refractivity contribution is -0.136. The molecule has 1 N–H and O–H groups in total. The Morgan fingerprint density at radius 2 is 2.06 bits per heavy atom. The normalized spacial score (nSPS) is 25.9. The van der Waals surface area contributed by atoms with E-state index in [4.69, 9.17) is 4.74 Å². The summed E-state index contributed by atoms with van der Waals surface area (Å²) in [6, 6.07) is 5.93. The second-order valence-electron chi connectivity index (χ2n) is 8.96. The van der Waals surface area contributed by atoms with Crippen LogP contribution in [0.3, 0.4) is 0 Å². The van der Waals surface area contributed by atoms with Crippen LogP contribution in [0.4, 0.5) is 18.9 Å². The van der Waals surface area contributed by atoms with Crippen LogP contribution >= 0.6 is 0 Å². The van der Waals surface area contributed by atoms with Gasteiger partial charge in [0, 0.05) is 48.4 Å². The molecule has 2 aliphatic heterocycles. The molecule has 2 atom stereocenters. The van der Waals surface area contributed by atoms with Gasteiger partial charge in [-0.05, 0) is 44.2 Å². The first kappa shape index (κ1) is 20.5. The van der Waals surface area contributed by atoms with Crippen molar-refractivity contribution in [2.45, 2.75) is 31.2 Å². The minimum Gasteiger partial charge on any atom is -0.366 e. The van der Waals surface area contributed by atoms with Crippen molar-refractivity contribution in [2.75, 3.05) is 44.7 Å². The Balaban J connectivity index is 1.36. The highest BCUT2D eigenvalue weighted by Gasteiger charge is 2.55. The third kappa shape index (κ3) is 3.74. The van der Waals surface area contributed by atoms with Crippen LogP contribution < -0.4 is 10.2 Å². The van der Waals surface area contributed by atoms with Crippen LogP contribution in [0.2, 0.25) is 0 Å². The number of nitrogens with one attached hydrogen (secondary N) is 1. The highest BCUT2D eigenvalue weighted by Crippen LogP contribution is 2.52. The van der Waals surface area contributed by atoms with Gasteiger partial charge < -0.3 is 19.9 Å². The van der Waals surface area contributed by atoms with Crippen molar-refractivity contribution in [3.05, 3.63) is 36.0 Å². The molecule has 6 nitrogen and oxygen atoms in total. The number of benzene rings is 1. The smallest absolute Gasteiger partial charge is 0.366 e. The predicted octanol–water partition coefficient (Wildman–Crippen LogP) is 2.67. The molecular weight excluding hydrogens is 409 g/mol. The molecule has 3 aliphatic rings. The first-order valence-electron chi connectivity index (χ1n) is 10.6. The number of likely N-dealkylation sites (N-methyl/N-ethyl adjacent to an activating group) is 1. The van der Waals surface area contributed by atoms with Crippen LogP contribution in [-0.2, 0) is 15.7 Å². The minimum atomic E-state index is -4.48. The van der Waals surface area contributed by atoms with Gasteiger partial charge in [0.25, 0.3) is 5.91 Å². The molecule has 0 radical (unpaired) electrons. The van der Waals surface area contributed by atoms with Crippen molar-refractivity contribution < 1.29 is 22.7 Å². The number of halogens is 3. The largest absolute Gasteiger partial charge is 0.418 e. The predicted molar refractivity (Wildman–Crippen MR) is 110 cm³/mol. The summed E-state index contributed by atoms with van der Waals surface area (Å²) in [6.45, 7) is 2.94. The van der Waals surface area contributed by atoms with E-state index in [1.165, 1.54) is 12.3 Å². The molecule has 3 fully saturated rings. The van der Waals surface area contributed by atoms with Crippen molar-refractivity contribution in [3.8, 4) is 0 Å². The number of carbonyl (C=O) groups is 1. The van der Waals surface area contributed by atoms with Gasteiger partial charge in [0.2, 0.25) is 0 Å². The van der Waals surface area contributed by atoms with Gasteiger partial charge in [-0.15, -0.1) is 0 Å². The first-order valence-corrected chi connectivity index (χ1v) is 10.6. The Kier molecular flexibility index (Phi) is 4.86. The van der Waals surface area contributed by atoms with Crippen molar-refractivity contribution >= 4 is 22.5 Å². The number of alkyl halides is 3. The van der Waals surface area contributed by atoms with Crippen LogP contribution in [-0.4, -0.2) is 67.8 Å². The summed E-state index contributed by atoms with van der Waals surface area (Å²) < 4.78 is 46.0. The molecule has 1 aromatic carbocycles. The van der Waals surface area contributed by atoms with Crippen molar-refractivity contribution in [3.63, 3.8) is 0 Å². The summed E-state index contributed by atoms with van der Waals surface area (Å²) in [6.07, 6.45) is -1.52. The fourth-order valence-electron chi connectivity index (χ4n) is 5.04. The van der Waals surface area contributed by atoms with Crippen molar-refractivity contribution in [2.24, 2.45) is 5.41 Å². The zero-order valence-electron chi connectivity index (χ0n) is 17.3. The van der Waals surface area contributed by atoms with Gasteiger partial charge in [0.1, 0.15) is 0 Å². The molecule has 3 heterocycles. The Bertz CT molecular complexity index is 1010. The molecule has 1 saturated carbocycles. The maximum Gasteiger partial charge on any atom is 0.418 e. The van der Waals surface area contributed by atoms with E-state index in [0.29, 0.717) is 24.2 Å². The number of hydrogen-bond acceptors (Lipinski definition) is 5. The van der Waals surface area contributed by atoms with E-state index in [1.54, 1.807) is 12.1 Å². The fourth-order valence-corrected chi connectivity index (χ4v) is 5.04. The van der Waals surface area contributed by atoms with Gasteiger partial charge in [-0.2, -0.15) is 13.2 Å². The van der Waals surface area contributed by atoms with E-state index in [9.17, 15) is 18.0 Å². The average Bonchev–Trinajstić information content (AvgIpc) is 3.45. The molecule has 2 saturated heterocycles. The number of amides is 1. The fraction of sp³-hybridized carbons (Fsp3) is 0.545. The zero-order chi connectivity index (χ0) is 21.8. The number of aromatic nitrogens is 1. The molecule has 1 aliphatic carbocycles. The van der Waals surface area contributed by atoms with E-state index < -0.39 is 17.8 Å². The SMILES string of the molecule is CN1CC(NC(=O)C2CN(c3ccc(C(F)(F)F)c4ncccc34)CCO2)C2(CC2)C1. The summed E-state index contributed by atoms with van der Waals surface area (Å²) in [7, 11) is 2.06. The summed E-state index contributed by atoms with van der Waals surface area (Å²) in [5, 5.41) is 3.60. The van der Waals surface area contributed by atoms with Crippen LogP contribution in [0, 0.1) is 5.41 Å². The van der Waals surface area contributed by atoms with Crippen LogP contribution in [0.1, 0.15) is 18.4 Å². The van der Waals surface area contributed by atoms with E-state index >= 15 is 0 Å². The maximum absolute atomic E-state index is 13.4. The van der Waals surface area contributed by atoms with Gasteiger partial charge in [0.15, 0.2) is 6.10 Å². The number of pyridine rings is 1. The highest BCUT2D eigenvalue weighted by atomic mass is 19.4. The maximum atomic E-state index is 13.4. The van der Waals surface area contributed by atoms with Gasteiger partial charge >= 0.3 is 6.18 Å². The third-order valence-corrected chi connectivity index (χ3v) is 6.78. The highest BCUT2D eigenvalue weighted by molar-refractivity contribution is 5.94. The zero-order valence-corrected chi connectivity index (χ0v) is 17.3. The van der Waals surface area contributed by atoms with Gasteiger partial charge in [-0.3, -0.25) is 9.78 Å². The number of ether oxygens (including phenoxy) is 1. The number of nitrogens with zero attached hydrogens (tertiary/aromatic N) is 3.